The minimum Gasteiger partial charge on any atom is -0.466 e. The summed E-state index contributed by atoms with van der Waals surface area (Å²) in [7, 11) is 1.68. The predicted molar refractivity (Wildman–Crippen MR) is 51.4 cm³/mol. The van der Waals surface area contributed by atoms with Crippen LogP contribution in [0.25, 0.3) is 0 Å². The standard InChI is InChI=1S/C8H11ClO3S/c1-5-4-8(6(2)12-5)7(3)13(9,10)11/h4,7H,1-3H3. The van der Waals surface area contributed by atoms with E-state index in [9.17, 15) is 8.42 Å². The third kappa shape index (κ3) is 2.25. The summed E-state index contributed by atoms with van der Waals surface area (Å²) in [4.78, 5) is 0. The van der Waals surface area contributed by atoms with Gasteiger partial charge in [-0.15, -0.1) is 0 Å². The van der Waals surface area contributed by atoms with E-state index in [1.165, 1.54) is 0 Å². The Kier molecular flexibility index (Phi) is 2.73. The molecule has 0 aromatic carbocycles. The van der Waals surface area contributed by atoms with Crippen LogP contribution in [0.5, 0.6) is 0 Å². The highest BCUT2D eigenvalue weighted by Gasteiger charge is 2.23. The van der Waals surface area contributed by atoms with Crippen LogP contribution in [0.3, 0.4) is 0 Å². The van der Waals surface area contributed by atoms with E-state index in [4.69, 9.17) is 15.1 Å². The van der Waals surface area contributed by atoms with Gasteiger partial charge in [0.05, 0.1) is 0 Å². The molecule has 1 rings (SSSR count). The largest absolute Gasteiger partial charge is 0.466 e. The molecule has 3 nitrogen and oxygen atoms in total. The highest BCUT2D eigenvalue weighted by atomic mass is 35.7. The van der Waals surface area contributed by atoms with Crippen LogP contribution in [0, 0.1) is 13.8 Å². The van der Waals surface area contributed by atoms with Crippen LogP contribution in [0.1, 0.15) is 29.3 Å². The molecule has 0 spiro atoms. The average Bonchev–Trinajstić information content (AvgIpc) is 2.26. The van der Waals surface area contributed by atoms with Gasteiger partial charge < -0.3 is 4.42 Å². The third-order valence-corrected chi connectivity index (χ3v) is 3.84. The van der Waals surface area contributed by atoms with Gasteiger partial charge in [0.2, 0.25) is 9.05 Å². The molecular weight excluding hydrogens is 212 g/mol. The molecule has 0 amide bonds. The van der Waals surface area contributed by atoms with E-state index in [1.54, 1.807) is 26.8 Å². The fourth-order valence-electron chi connectivity index (χ4n) is 1.21. The van der Waals surface area contributed by atoms with E-state index in [0.29, 0.717) is 17.1 Å². The molecule has 1 heterocycles. The van der Waals surface area contributed by atoms with Crippen molar-refractivity contribution in [1.29, 1.82) is 0 Å². The second kappa shape index (κ2) is 3.35. The fourth-order valence-corrected chi connectivity index (χ4v) is 2.03. The number of halogens is 1. The SMILES string of the molecule is Cc1cc(C(C)S(=O)(=O)Cl)c(C)o1. The summed E-state index contributed by atoms with van der Waals surface area (Å²) in [6.07, 6.45) is 0. The first-order valence-electron chi connectivity index (χ1n) is 3.82. The number of aryl methyl sites for hydroxylation is 2. The van der Waals surface area contributed by atoms with Gasteiger partial charge in [-0.1, -0.05) is 0 Å². The molecule has 0 saturated carbocycles. The third-order valence-electron chi connectivity index (χ3n) is 1.94. The molecule has 1 unspecified atom stereocenters. The zero-order valence-corrected chi connectivity index (χ0v) is 9.24. The second-order valence-electron chi connectivity index (χ2n) is 2.99. The first kappa shape index (κ1) is 10.6. The Bertz CT molecular complexity index is 405. The Morgan fingerprint density at radius 1 is 1.46 bits per heavy atom. The van der Waals surface area contributed by atoms with Crippen LogP contribution in [0.15, 0.2) is 10.5 Å². The van der Waals surface area contributed by atoms with E-state index in [1.807, 2.05) is 0 Å². The van der Waals surface area contributed by atoms with E-state index in [-0.39, 0.29) is 0 Å². The maximum Gasteiger partial charge on any atom is 0.239 e. The lowest BCUT2D eigenvalue weighted by molar-refractivity contribution is 0.500. The predicted octanol–water partition coefficient (Wildman–Crippen LogP) is 2.53. The average molecular weight is 223 g/mol. The quantitative estimate of drug-likeness (QED) is 0.723. The molecule has 1 atom stereocenters. The minimum atomic E-state index is -3.55. The number of hydrogen-bond acceptors (Lipinski definition) is 3. The Hall–Kier alpha value is -0.480. The summed E-state index contributed by atoms with van der Waals surface area (Å²) < 4.78 is 27.2. The summed E-state index contributed by atoms with van der Waals surface area (Å²) in [6, 6.07) is 1.69. The Morgan fingerprint density at radius 2 is 2.00 bits per heavy atom. The Morgan fingerprint density at radius 3 is 2.31 bits per heavy atom. The molecule has 1 aromatic rings. The maximum atomic E-state index is 11.0. The van der Waals surface area contributed by atoms with Crippen molar-refractivity contribution in [3.63, 3.8) is 0 Å². The molecule has 1 aromatic heterocycles. The van der Waals surface area contributed by atoms with Crippen molar-refractivity contribution in [3.05, 3.63) is 23.2 Å². The molecule has 0 fully saturated rings. The van der Waals surface area contributed by atoms with Gasteiger partial charge in [-0.3, -0.25) is 0 Å². The lowest BCUT2D eigenvalue weighted by Crippen LogP contribution is -2.02. The van der Waals surface area contributed by atoms with Crippen LogP contribution >= 0.6 is 10.7 Å². The topological polar surface area (TPSA) is 47.3 Å². The van der Waals surface area contributed by atoms with E-state index in [0.717, 1.165) is 0 Å². The molecular formula is C8H11ClO3S. The highest BCUT2D eigenvalue weighted by Crippen LogP contribution is 2.29. The zero-order valence-electron chi connectivity index (χ0n) is 7.67. The van der Waals surface area contributed by atoms with Crippen molar-refractivity contribution >= 4 is 19.7 Å². The van der Waals surface area contributed by atoms with Crippen molar-refractivity contribution in [2.45, 2.75) is 26.0 Å². The van der Waals surface area contributed by atoms with Crippen molar-refractivity contribution in [2.75, 3.05) is 0 Å². The normalized spacial score (nSPS) is 14.5. The van der Waals surface area contributed by atoms with Gasteiger partial charge in [0, 0.05) is 16.2 Å². The summed E-state index contributed by atoms with van der Waals surface area (Å²) in [5.41, 5.74) is 0.632. The van der Waals surface area contributed by atoms with Crippen LogP contribution in [-0.4, -0.2) is 8.42 Å². The Balaban J connectivity index is 3.16. The fraction of sp³-hybridized carbons (Fsp3) is 0.500. The molecule has 5 heteroatoms. The molecule has 74 valence electrons. The van der Waals surface area contributed by atoms with Crippen molar-refractivity contribution in [1.82, 2.24) is 0 Å². The van der Waals surface area contributed by atoms with Crippen molar-refractivity contribution < 1.29 is 12.8 Å². The number of furan rings is 1. The molecule has 0 aliphatic carbocycles. The molecule has 13 heavy (non-hydrogen) atoms. The van der Waals surface area contributed by atoms with Crippen molar-refractivity contribution in [2.24, 2.45) is 0 Å². The first-order chi connectivity index (χ1) is 5.82. The minimum absolute atomic E-state index is 0.606. The van der Waals surface area contributed by atoms with Crippen LogP contribution in [0.4, 0.5) is 0 Å². The first-order valence-corrected chi connectivity index (χ1v) is 6.20. The molecule has 0 N–H and O–H groups in total. The second-order valence-corrected chi connectivity index (χ2v) is 5.94. The Labute approximate surface area is 82.1 Å². The van der Waals surface area contributed by atoms with Gasteiger partial charge in [-0.05, 0) is 26.8 Å². The van der Waals surface area contributed by atoms with Crippen LogP contribution < -0.4 is 0 Å². The summed E-state index contributed by atoms with van der Waals surface area (Å²) in [5, 5.41) is -0.716. The number of rotatable bonds is 2. The summed E-state index contributed by atoms with van der Waals surface area (Å²) in [6.45, 7) is 5.03. The van der Waals surface area contributed by atoms with Gasteiger partial charge in [-0.2, -0.15) is 0 Å². The van der Waals surface area contributed by atoms with Crippen molar-refractivity contribution in [3.8, 4) is 0 Å². The van der Waals surface area contributed by atoms with Gasteiger partial charge in [0.25, 0.3) is 0 Å². The zero-order chi connectivity index (χ0) is 10.2. The molecule has 0 radical (unpaired) electrons. The molecule has 0 aliphatic heterocycles. The van der Waals surface area contributed by atoms with Gasteiger partial charge in [0.15, 0.2) is 0 Å². The highest BCUT2D eigenvalue weighted by molar-refractivity contribution is 8.13. The van der Waals surface area contributed by atoms with Crippen LogP contribution in [-0.2, 0) is 9.05 Å². The summed E-state index contributed by atoms with van der Waals surface area (Å²) >= 11 is 0. The monoisotopic (exact) mass is 222 g/mol. The summed E-state index contributed by atoms with van der Waals surface area (Å²) in [5.74, 6) is 1.30. The lowest BCUT2D eigenvalue weighted by atomic mass is 10.2. The maximum absolute atomic E-state index is 11.0. The van der Waals surface area contributed by atoms with E-state index >= 15 is 0 Å². The molecule has 0 aliphatic rings. The van der Waals surface area contributed by atoms with Gasteiger partial charge in [-0.25, -0.2) is 8.42 Å². The smallest absolute Gasteiger partial charge is 0.239 e. The molecule has 0 saturated heterocycles. The van der Waals surface area contributed by atoms with Gasteiger partial charge >= 0.3 is 0 Å². The van der Waals surface area contributed by atoms with E-state index < -0.39 is 14.3 Å². The van der Waals surface area contributed by atoms with Gasteiger partial charge in [0.1, 0.15) is 16.8 Å². The van der Waals surface area contributed by atoms with Crippen LogP contribution in [0.2, 0.25) is 0 Å². The number of hydrogen-bond donors (Lipinski definition) is 0. The van der Waals surface area contributed by atoms with E-state index in [2.05, 4.69) is 0 Å². The lowest BCUT2D eigenvalue weighted by Gasteiger charge is -2.04. The molecule has 0 bridgehead atoms.